The van der Waals surface area contributed by atoms with Gasteiger partial charge in [0.25, 0.3) is 0 Å². The van der Waals surface area contributed by atoms with Crippen molar-refractivity contribution in [1.82, 2.24) is 10.2 Å². The number of rotatable bonds is 4. The fraction of sp³-hybridized carbons (Fsp3) is 0.333. The summed E-state index contributed by atoms with van der Waals surface area (Å²) in [6, 6.07) is 5.83. The molecule has 1 aromatic carbocycles. The highest BCUT2D eigenvalue weighted by atomic mass is 32.1. The third-order valence-corrected chi connectivity index (χ3v) is 5.25. The molecule has 28 heavy (non-hydrogen) atoms. The standard InChI is InChI=1S/C18H20F3N5OS/c1-22-18(26-8-6-25(7-9-26)15-3-2-10-28-15)23-11-14(27)24-13-5-4-12(19)16(20)17(13)21/h2-5,10H,6-9,11H2,1H3,(H,22,23)(H,24,27). The molecule has 0 radical (unpaired) electrons. The molecule has 0 atom stereocenters. The quantitative estimate of drug-likeness (QED) is 0.461. The predicted molar refractivity (Wildman–Crippen MR) is 104 cm³/mol. The van der Waals surface area contributed by atoms with Gasteiger partial charge in [-0.2, -0.15) is 0 Å². The first-order chi connectivity index (χ1) is 13.5. The summed E-state index contributed by atoms with van der Waals surface area (Å²) in [5, 5.41) is 8.39. The zero-order chi connectivity index (χ0) is 20.1. The van der Waals surface area contributed by atoms with Crippen LogP contribution in [-0.2, 0) is 4.79 Å². The van der Waals surface area contributed by atoms with Gasteiger partial charge in [0.1, 0.15) is 0 Å². The Balaban J connectivity index is 1.50. The number of aliphatic imine (C=N–C) groups is 1. The highest BCUT2D eigenvalue weighted by Crippen LogP contribution is 2.22. The van der Waals surface area contributed by atoms with E-state index in [9.17, 15) is 18.0 Å². The molecule has 0 bridgehead atoms. The van der Waals surface area contributed by atoms with Crippen molar-refractivity contribution in [2.24, 2.45) is 4.99 Å². The van der Waals surface area contributed by atoms with Crippen LogP contribution in [0.2, 0.25) is 0 Å². The first kappa shape index (κ1) is 20.0. The molecule has 0 aliphatic carbocycles. The molecule has 0 saturated carbocycles. The maximum Gasteiger partial charge on any atom is 0.243 e. The van der Waals surface area contributed by atoms with E-state index in [1.165, 1.54) is 5.00 Å². The summed E-state index contributed by atoms with van der Waals surface area (Å²) in [5.41, 5.74) is -0.412. The van der Waals surface area contributed by atoms with Crippen LogP contribution in [-0.4, -0.2) is 56.5 Å². The minimum Gasteiger partial charge on any atom is -0.360 e. The third-order valence-electron chi connectivity index (χ3n) is 4.33. The summed E-state index contributed by atoms with van der Waals surface area (Å²) < 4.78 is 39.8. The highest BCUT2D eigenvalue weighted by Gasteiger charge is 2.21. The summed E-state index contributed by atoms with van der Waals surface area (Å²) in [5.74, 6) is -4.40. The second-order valence-corrected chi connectivity index (χ2v) is 7.02. The number of guanidine groups is 1. The van der Waals surface area contributed by atoms with Crippen molar-refractivity contribution in [3.8, 4) is 0 Å². The number of carbonyl (C=O) groups excluding carboxylic acids is 1. The second kappa shape index (κ2) is 8.96. The molecule has 2 N–H and O–H groups in total. The van der Waals surface area contributed by atoms with E-state index in [0.29, 0.717) is 5.96 Å². The van der Waals surface area contributed by atoms with E-state index in [2.05, 4.69) is 26.6 Å². The van der Waals surface area contributed by atoms with Gasteiger partial charge in [0.2, 0.25) is 5.91 Å². The van der Waals surface area contributed by atoms with Crippen molar-refractivity contribution in [2.75, 3.05) is 50.0 Å². The molecule has 1 aliphatic rings. The molecule has 1 fully saturated rings. The lowest BCUT2D eigenvalue weighted by atomic mass is 10.2. The highest BCUT2D eigenvalue weighted by molar-refractivity contribution is 7.14. The fourth-order valence-electron chi connectivity index (χ4n) is 2.90. The number of carbonyl (C=O) groups is 1. The second-order valence-electron chi connectivity index (χ2n) is 6.10. The van der Waals surface area contributed by atoms with E-state index >= 15 is 0 Å². The van der Waals surface area contributed by atoms with Gasteiger partial charge in [-0.1, -0.05) is 0 Å². The number of benzene rings is 1. The van der Waals surface area contributed by atoms with Gasteiger partial charge in [0.05, 0.1) is 17.2 Å². The van der Waals surface area contributed by atoms with E-state index in [1.807, 2.05) is 16.3 Å². The van der Waals surface area contributed by atoms with Gasteiger partial charge >= 0.3 is 0 Å². The van der Waals surface area contributed by atoms with Crippen molar-refractivity contribution < 1.29 is 18.0 Å². The largest absolute Gasteiger partial charge is 0.360 e. The Labute approximate surface area is 164 Å². The maximum atomic E-state index is 13.6. The van der Waals surface area contributed by atoms with Gasteiger partial charge < -0.3 is 20.4 Å². The van der Waals surface area contributed by atoms with Crippen LogP contribution in [0, 0.1) is 17.5 Å². The molecule has 0 unspecified atom stereocenters. The lowest BCUT2D eigenvalue weighted by Crippen LogP contribution is -2.53. The average molecular weight is 411 g/mol. The summed E-state index contributed by atoms with van der Waals surface area (Å²) >= 11 is 1.69. The fourth-order valence-corrected chi connectivity index (χ4v) is 3.68. The van der Waals surface area contributed by atoms with Crippen LogP contribution in [0.1, 0.15) is 0 Å². The smallest absolute Gasteiger partial charge is 0.243 e. The van der Waals surface area contributed by atoms with Crippen molar-refractivity contribution in [3.05, 3.63) is 47.1 Å². The van der Waals surface area contributed by atoms with Crippen LogP contribution >= 0.6 is 11.3 Å². The van der Waals surface area contributed by atoms with Gasteiger partial charge in [-0.3, -0.25) is 9.79 Å². The molecule has 1 aromatic heterocycles. The van der Waals surface area contributed by atoms with Crippen molar-refractivity contribution in [1.29, 1.82) is 0 Å². The molecule has 150 valence electrons. The zero-order valence-corrected chi connectivity index (χ0v) is 16.0. The lowest BCUT2D eigenvalue weighted by molar-refractivity contribution is -0.115. The molecule has 1 saturated heterocycles. The Bertz CT molecular complexity index is 851. The predicted octanol–water partition coefficient (Wildman–Crippen LogP) is 2.50. The monoisotopic (exact) mass is 411 g/mol. The van der Waals surface area contributed by atoms with Crippen molar-refractivity contribution in [3.63, 3.8) is 0 Å². The molecule has 3 rings (SSSR count). The minimum absolute atomic E-state index is 0.184. The first-order valence-electron chi connectivity index (χ1n) is 8.67. The summed E-state index contributed by atoms with van der Waals surface area (Å²) in [7, 11) is 1.61. The molecule has 2 heterocycles. The van der Waals surface area contributed by atoms with Gasteiger partial charge in [-0.25, -0.2) is 13.2 Å². The number of hydrogen-bond donors (Lipinski definition) is 2. The van der Waals surface area contributed by atoms with Crippen molar-refractivity contribution >= 4 is 33.9 Å². The molecule has 6 nitrogen and oxygen atoms in total. The van der Waals surface area contributed by atoms with Gasteiger partial charge in [-0.15, -0.1) is 11.3 Å². The van der Waals surface area contributed by atoms with Crippen LogP contribution in [0.15, 0.2) is 34.6 Å². The Hall–Kier alpha value is -2.75. The van der Waals surface area contributed by atoms with Crippen LogP contribution in [0.25, 0.3) is 0 Å². The third kappa shape index (κ3) is 4.56. The van der Waals surface area contributed by atoms with Crippen LogP contribution < -0.4 is 15.5 Å². The number of anilines is 2. The maximum absolute atomic E-state index is 13.6. The van der Waals surface area contributed by atoms with E-state index < -0.39 is 29.0 Å². The molecule has 0 spiro atoms. The Kier molecular flexibility index (Phi) is 6.40. The molecule has 1 amide bonds. The van der Waals surface area contributed by atoms with E-state index in [0.717, 1.165) is 38.3 Å². The van der Waals surface area contributed by atoms with Crippen LogP contribution in [0.4, 0.5) is 23.9 Å². The van der Waals surface area contributed by atoms with Gasteiger partial charge in [-0.05, 0) is 29.6 Å². The van der Waals surface area contributed by atoms with Crippen LogP contribution in [0.3, 0.4) is 0 Å². The molecule has 1 aliphatic heterocycles. The number of piperazine rings is 1. The Morgan fingerprint density at radius 2 is 1.89 bits per heavy atom. The number of amides is 1. The normalized spacial score (nSPS) is 14.9. The summed E-state index contributed by atoms with van der Waals surface area (Å²) in [6.07, 6.45) is 0. The number of nitrogens with one attached hydrogen (secondary N) is 2. The number of thiophene rings is 1. The molecule has 10 heteroatoms. The van der Waals surface area contributed by atoms with Gasteiger partial charge in [0, 0.05) is 33.2 Å². The Morgan fingerprint density at radius 1 is 1.14 bits per heavy atom. The van der Waals surface area contributed by atoms with Gasteiger partial charge in [0.15, 0.2) is 23.4 Å². The topological polar surface area (TPSA) is 60.0 Å². The molecule has 2 aromatic rings. The number of halogens is 3. The lowest BCUT2D eigenvalue weighted by Gasteiger charge is -2.36. The van der Waals surface area contributed by atoms with E-state index in [1.54, 1.807) is 18.4 Å². The molecular weight excluding hydrogens is 391 g/mol. The average Bonchev–Trinajstić information content (AvgIpc) is 3.24. The molecular formula is C18H20F3N5OS. The van der Waals surface area contributed by atoms with E-state index in [-0.39, 0.29) is 6.54 Å². The first-order valence-corrected chi connectivity index (χ1v) is 9.55. The van der Waals surface area contributed by atoms with Crippen LogP contribution in [0.5, 0.6) is 0 Å². The Morgan fingerprint density at radius 3 is 2.54 bits per heavy atom. The SMILES string of the molecule is CN=C(NCC(=O)Nc1ccc(F)c(F)c1F)N1CCN(c2cccs2)CC1. The van der Waals surface area contributed by atoms with Crippen molar-refractivity contribution in [2.45, 2.75) is 0 Å². The summed E-state index contributed by atoms with van der Waals surface area (Å²) in [4.78, 5) is 20.5. The summed E-state index contributed by atoms with van der Waals surface area (Å²) in [6.45, 7) is 2.94. The number of hydrogen-bond acceptors (Lipinski definition) is 4. The van der Waals surface area contributed by atoms with E-state index in [4.69, 9.17) is 0 Å². The minimum atomic E-state index is -1.62. The zero-order valence-electron chi connectivity index (χ0n) is 15.2. The number of nitrogens with zero attached hydrogens (tertiary/aromatic N) is 3.